The van der Waals surface area contributed by atoms with E-state index < -0.39 is 0 Å². The predicted molar refractivity (Wildman–Crippen MR) is 82.5 cm³/mol. The van der Waals surface area contributed by atoms with Crippen molar-refractivity contribution in [2.75, 3.05) is 12.5 Å². The highest BCUT2D eigenvalue weighted by Crippen LogP contribution is 2.28. The van der Waals surface area contributed by atoms with Gasteiger partial charge >= 0.3 is 5.97 Å². The van der Waals surface area contributed by atoms with Gasteiger partial charge < -0.3 is 4.74 Å². The van der Waals surface area contributed by atoms with Crippen molar-refractivity contribution in [1.82, 2.24) is 0 Å². The Morgan fingerprint density at radius 3 is 2.05 bits per heavy atom. The highest BCUT2D eigenvalue weighted by Gasteiger charge is 2.15. The molecule has 0 saturated carbocycles. The van der Waals surface area contributed by atoms with Crippen LogP contribution in [0.15, 0.2) is 54.6 Å². The average Bonchev–Trinajstić information content (AvgIpc) is 2.50. The van der Waals surface area contributed by atoms with Crippen molar-refractivity contribution in [2.24, 2.45) is 0 Å². The molecule has 3 aromatic rings. The Balaban J connectivity index is 2.30. The zero-order chi connectivity index (χ0) is 13.9. The minimum absolute atomic E-state index is 0.220. The van der Waals surface area contributed by atoms with E-state index in [1.807, 2.05) is 48.5 Å². The molecule has 3 rings (SSSR count). The van der Waals surface area contributed by atoms with Gasteiger partial charge in [0.05, 0.1) is 11.4 Å². The van der Waals surface area contributed by atoms with E-state index >= 15 is 0 Å². The molecule has 0 N–H and O–H groups in total. The summed E-state index contributed by atoms with van der Waals surface area (Å²) in [4.78, 5) is 12.4. The number of benzene rings is 3. The highest BCUT2D eigenvalue weighted by atomic mass is 35.5. The standard InChI is InChI=1S/C17H13ClO2/c18-9-10-20-17(19)16-14-7-3-1-5-12(14)11-13-6-2-4-8-15(13)16/h1-8,11H,9-10H2. The molecule has 0 saturated heterocycles. The molecular formula is C17H13ClO2. The van der Waals surface area contributed by atoms with Crippen LogP contribution in [0.4, 0.5) is 0 Å². The lowest BCUT2D eigenvalue weighted by molar-refractivity contribution is 0.0533. The van der Waals surface area contributed by atoms with Crippen LogP contribution in [0.2, 0.25) is 0 Å². The Morgan fingerprint density at radius 1 is 0.950 bits per heavy atom. The normalized spacial score (nSPS) is 10.8. The van der Waals surface area contributed by atoms with Gasteiger partial charge in [0.25, 0.3) is 0 Å². The van der Waals surface area contributed by atoms with Crippen molar-refractivity contribution in [2.45, 2.75) is 0 Å². The van der Waals surface area contributed by atoms with E-state index in [0.29, 0.717) is 11.4 Å². The third-order valence-corrected chi connectivity index (χ3v) is 3.44. The van der Waals surface area contributed by atoms with E-state index in [9.17, 15) is 4.79 Å². The van der Waals surface area contributed by atoms with Crippen molar-refractivity contribution in [1.29, 1.82) is 0 Å². The quantitative estimate of drug-likeness (QED) is 0.405. The number of alkyl halides is 1. The molecule has 0 atom stereocenters. The highest BCUT2D eigenvalue weighted by molar-refractivity contribution is 6.18. The molecule has 20 heavy (non-hydrogen) atoms. The fourth-order valence-corrected chi connectivity index (χ4v) is 2.51. The van der Waals surface area contributed by atoms with E-state index in [0.717, 1.165) is 21.5 Å². The summed E-state index contributed by atoms with van der Waals surface area (Å²) < 4.78 is 5.22. The summed E-state index contributed by atoms with van der Waals surface area (Å²) in [5, 5.41) is 3.88. The molecule has 0 spiro atoms. The molecule has 0 aliphatic carbocycles. The first-order chi connectivity index (χ1) is 9.81. The van der Waals surface area contributed by atoms with Crippen molar-refractivity contribution in [3.63, 3.8) is 0 Å². The Labute approximate surface area is 121 Å². The molecule has 0 aliphatic rings. The zero-order valence-electron chi connectivity index (χ0n) is 10.8. The molecule has 0 aromatic heterocycles. The van der Waals surface area contributed by atoms with Crippen LogP contribution in [-0.2, 0) is 4.74 Å². The van der Waals surface area contributed by atoms with Gasteiger partial charge in [0.2, 0.25) is 0 Å². The summed E-state index contributed by atoms with van der Waals surface area (Å²) in [6.07, 6.45) is 0. The first-order valence-corrected chi connectivity index (χ1v) is 6.98. The fraction of sp³-hybridized carbons (Fsp3) is 0.118. The van der Waals surface area contributed by atoms with Gasteiger partial charge in [-0.3, -0.25) is 0 Å². The number of hydrogen-bond donors (Lipinski definition) is 0. The van der Waals surface area contributed by atoms with Crippen LogP contribution in [0.3, 0.4) is 0 Å². The molecule has 0 unspecified atom stereocenters. The smallest absolute Gasteiger partial charge is 0.339 e. The SMILES string of the molecule is O=C(OCCCl)c1c2ccccc2cc2ccccc12. The maximum Gasteiger partial charge on any atom is 0.339 e. The van der Waals surface area contributed by atoms with Crippen molar-refractivity contribution in [3.05, 3.63) is 60.2 Å². The summed E-state index contributed by atoms with van der Waals surface area (Å²) in [5.41, 5.74) is 0.615. The van der Waals surface area contributed by atoms with Gasteiger partial charge in [-0.2, -0.15) is 0 Å². The largest absolute Gasteiger partial charge is 0.461 e. The Kier molecular flexibility index (Phi) is 3.57. The van der Waals surface area contributed by atoms with Gasteiger partial charge in [-0.1, -0.05) is 48.5 Å². The molecule has 100 valence electrons. The Bertz CT molecular complexity index is 726. The molecule has 0 heterocycles. The van der Waals surface area contributed by atoms with Crippen LogP contribution < -0.4 is 0 Å². The van der Waals surface area contributed by atoms with Gasteiger partial charge in [-0.15, -0.1) is 11.6 Å². The summed E-state index contributed by atoms with van der Waals surface area (Å²) in [7, 11) is 0. The lowest BCUT2D eigenvalue weighted by atomic mass is 9.97. The van der Waals surface area contributed by atoms with Crippen LogP contribution in [0, 0.1) is 0 Å². The molecular weight excluding hydrogens is 272 g/mol. The molecule has 3 heteroatoms. The molecule has 0 amide bonds. The van der Waals surface area contributed by atoms with E-state index in [-0.39, 0.29) is 12.6 Å². The minimum atomic E-state index is -0.321. The topological polar surface area (TPSA) is 26.3 Å². The van der Waals surface area contributed by atoms with E-state index in [2.05, 4.69) is 6.07 Å². The summed E-state index contributed by atoms with van der Waals surface area (Å²) in [5.74, 6) is -0.0207. The number of hydrogen-bond acceptors (Lipinski definition) is 2. The first kappa shape index (κ1) is 12.9. The maximum absolute atomic E-state index is 12.4. The lowest BCUT2D eigenvalue weighted by Crippen LogP contribution is -2.08. The Hall–Kier alpha value is -2.06. The molecule has 0 bridgehead atoms. The molecule has 0 radical (unpaired) electrons. The minimum Gasteiger partial charge on any atom is -0.461 e. The maximum atomic E-state index is 12.4. The van der Waals surface area contributed by atoms with Crippen LogP contribution in [-0.4, -0.2) is 18.5 Å². The average molecular weight is 285 g/mol. The summed E-state index contributed by atoms with van der Waals surface area (Å²) >= 11 is 5.59. The van der Waals surface area contributed by atoms with E-state index in [1.54, 1.807) is 0 Å². The van der Waals surface area contributed by atoms with E-state index in [1.165, 1.54) is 0 Å². The summed E-state index contributed by atoms with van der Waals surface area (Å²) in [6.45, 7) is 0.220. The summed E-state index contributed by atoms with van der Waals surface area (Å²) in [6, 6.07) is 17.8. The monoisotopic (exact) mass is 284 g/mol. The molecule has 2 nitrogen and oxygen atoms in total. The van der Waals surface area contributed by atoms with Crippen LogP contribution in [0.5, 0.6) is 0 Å². The number of esters is 1. The second kappa shape index (κ2) is 5.51. The fourth-order valence-electron chi connectivity index (χ4n) is 2.44. The first-order valence-electron chi connectivity index (χ1n) is 6.45. The van der Waals surface area contributed by atoms with Gasteiger partial charge in [0.1, 0.15) is 6.61 Å². The van der Waals surface area contributed by atoms with Gasteiger partial charge in [-0.05, 0) is 27.6 Å². The van der Waals surface area contributed by atoms with Gasteiger partial charge in [0.15, 0.2) is 0 Å². The number of rotatable bonds is 3. The number of fused-ring (bicyclic) bond motifs is 2. The van der Waals surface area contributed by atoms with Crippen LogP contribution in [0.1, 0.15) is 10.4 Å². The van der Waals surface area contributed by atoms with Gasteiger partial charge in [0, 0.05) is 0 Å². The predicted octanol–water partition coefficient (Wildman–Crippen LogP) is 4.39. The molecule has 0 fully saturated rings. The second-order valence-electron chi connectivity index (χ2n) is 4.52. The zero-order valence-corrected chi connectivity index (χ0v) is 11.6. The number of carbonyl (C=O) groups is 1. The lowest BCUT2D eigenvalue weighted by Gasteiger charge is -2.10. The van der Waals surface area contributed by atoms with Crippen molar-refractivity contribution < 1.29 is 9.53 Å². The van der Waals surface area contributed by atoms with Crippen molar-refractivity contribution in [3.8, 4) is 0 Å². The number of halogens is 1. The number of ether oxygens (including phenoxy) is 1. The van der Waals surface area contributed by atoms with E-state index in [4.69, 9.17) is 16.3 Å². The second-order valence-corrected chi connectivity index (χ2v) is 4.90. The number of carbonyl (C=O) groups excluding carboxylic acids is 1. The third kappa shape index (κ3) is 2.23. The van der Waals surface area contributed by atoms with Crippen LogP contribution in [0.25, 0.3) is 21.5 Å². The van der Waals surface area contributed by atoms with Crippen LogP contribution >= 0.6 is 11.6 Å². The Morgan fingerprint density at radius 2 is 1.50 bits per heavy atom. The van der Waals surface area contributed by atoms with Gasteiger partial charge in [-0.25, -0.2) is 4.79 Å². The molecule has 3 aromatic carbocycles. The van der Waals surface area contributed by atoms with Crippen molar-refractivity contribution >= 4 is 39.1 Å². The molecule has 0 aliphatic heterocycles. The third-order valence-electron chi connectivity index (χ3n) is 3.29.